The van der Waals surface area contributed by atoms with E-state index in [1.165, 1.54) is 24.4 Å². The van der Waals surface area contributed by atoms with Crippen LogP contribution >= 0.6 is 15.9 Å². The van der Waals surface area contributed by atoms with Crippen LogP contribution in [0.1, 0.15) is 18.4 Å². The van der Waals surface area contributed by atoms with Crippen LogP contribution in [0.15, 0.2) is 52.0 Å². The van der Waals surface area contributed by atoms with Gasteiger partial charge in [0.15, 0.2) is 0 Å². The number of phenols is 2. The largest absolute Gasteiger partial charge is 0.508 e. The lowest BCUT2D eigenvalue weighted by Gasteiger charge is -2.06. The van der Waals surface area contributed by atoms with Crippen molar-refractivity contribution in [3.8, 4) is 11.5 Å². The van der Waals surface area contributed by atoms with E-state index < -0.39 is 0 Å². The molecule has 0 fully saturated rings. The Morgan fingerprint density at radius 1 is 1.17 bits per heavy atom. The van der Waals surface area contributed by atoms with Gasteiger partial charge < -0.3 is 15.5 Å². The molecule has 0 bridgehead atoms. The highest BCUT2D eigenvalue weighted by molar-refractivity contribution is 9.10. The minimum Gasteiger partial charge on any atom is -0.508 e. The van der Waals surface area contributed by atoms with Gasteiger partial charge in [-0.05, 0) is 42.8 Å². The second kappa shape index (κ2) is 8.93. The van der Waals surface area contributed by atoms with E-state index in [4.69, 9.17) is 0 Å². The van der Waals surface area contributed by atoms with Crippen LogP contribution in [-0.4, -0.2) is 28.9 Å². The Labute approximate surface area is 148 Å². The minimum atomic E-state index is -0.206. The van der Waals surface area contributed by atoms with E-state index in [0.717, 1.165) is 10.2 Å². The van der Waals surface area contributed by atoms with Crippen molar-refractivity contribution in [2.45, 2.75) is 12.8 Å². The summed E-state index contributed by atoms with van der Waals surface area (Å²) in [5.74, 6) is -0.346. The molecule has 2 aromatic carbocycles. The highest BCUT2D eigenvalue weighted by Gasteiger charge is 2.01. The van der Waals surface area contributed by atoms with Gasteiger partial charge in [-0.1, -0.05) is 15.9 Å². The zero-order chi connectivity index (χ0) is 17.4. The average Bonchev–Trinajstić information content (AvgIpc) is 2.55. The molecule has 0 heterocycles. The Morgan fingerprint density at radius 3 is 2.62 bits per heavy atom. The molecular formula is C17H18BrN3O3. The van der Waals surface area contributed by atoms with Crippen LogP contribution in [-0.2, 0) is 4.79 Å². The van der Waals surface area contributed by atoms with Crippen molar-refractivity contribution in [3.05, 3.63) is 52.5 Å². The average molecular weight is 392 g/mol. The molecule has 0 radical (unpaired) electrons. The highest BCUT2D eigenvalue weighted by Crippen LogP contribution is 2.20. The molecule has 2 aromatic rings. The summed E-state index contributed by atoms with van der Waals surface area (Å²) in [5.41, 5.74) is 3.81. The second-order valence-corrected chi connectivity index (χ2v) is 5.99. The van der Waals surface area contributed by atoms with E-state index in [2.05, 4.69) is 31.8 Å². The Hall–Kier alpha value is -2.54. The molecule has 2 rings (SSSR count). The summed E-state index contributed by atoms with van der Waals surface area (Å²) < 4.78 is 1.02. The number of halogens is 1. The van der Waals surface area contributed by atoms with Gasteiger partial charge in [0.25, 0.3) is 0 Å². The smallest absolute Gasteiger partial charge is 0.240 e. The van der Waals surface area contributed by atoms with E-state index in [9.17, 15) is 15.0 Å². The van der Waals surface area contributed by atoms with Crippen molar-refractivity contribution in [2.75, 3.05) is 11.9 Å². The van der Waals surface area contributed by atoms with Gasteiger partial charge in [0.1, 0.15) is 11.5 Å². The molecule has 0 saturated heterocycles. The van der Waals surface area contributed by atoms with Gasteiger partial charge in [0, 0.05) is 34.8 Å². The first-order valence-electron chi connectivity index (χ1n) is 7.38. The molecule has 0 spiro atoms. The van der Waals surface area contributed by atoms with Crippen LogP contribution < -0.4 is 10.7 Å². The van der Waals surface area contributed by atoms with E-state index in [0.29, 0.717) is 24.9 Å². The van der Waals surface area contributed by atoms with Gasteiger partial charge in [-0.2, -0.15) is 5.10 Å². The molecule has 0 aromatic heterocycles. The molecule has 0 aliphatic carbocycles. The van der Waals surface area contributed by atoms with Crippen LogP contribution in [0.3, 0.4) is 0 Å². The quantitative estimate of drug-likeness (QED) is 0.331. The first-order valence-corrected chi connectivity index (χ1v) is 8.17. The molecule has 0 atom stereocenters. The van der Waals surface area contributed by atoms with Gasteiger partial charge in [-0.25, -0.2) is 5.43 Å². The summed E-state index contributed by atoms with van der Waals surface area (Å²) in [5, 5.41) is 25.8. The lowest BCUT2D eigenvalue weighted by molar-refractivity contribution is -0.121. The van der Waals surface area contributed by atoms with Gasteiger partial charge in [0.05, 0.1) is 6.21 Å². The molecular weight excluding hydrogens is 374 g/mol. The highest BCUT2D eigenvalue weighted by atomic mass is 79.9. The first kappa shape index (κ1) is 17.8. The Morgan fingerprint density at radius 2 is 1.92 bits per heavy atom. The summed E-state index contributed by atoms with van der Waals surface area (Å²) in [6, 6.07) is 11.9. The molecule has 0 saturated carbocycles. The molecule has 0 unspecified atom stereocenters. The number of carbonyl (C=O) groups is 1. The first-order chi connectivity index (χ1) is 11.5. The predicted octanol–water partition coefficient (Wildman–Crippen LogP) is 3.20. The molecule has 4 N–H and O–H groups in total. The fourth-order valence-electron chi connectivity index (χ4n) is 1.92. The van der Waals surface area contributed by atoms with Crippen molar-refractivity contribution < 1.29 is 15.0 Å². The summed E-state index contributed by atoms with van der Waals surface area (Å²) >= 11 is 3.37. The third-order valence-corrected chi connectivity index (χ3v) is 3.69. The zero-order valence-corrected chi connectivity index (χ0v) is 14.5. The number of phenolic OH excluding ortho intramolecular Hbond substituents is 2. The lowest BCUT2D eigenvalue weighted by Crippen LogP contribution is -2.18. The van der Waals surface area contributed by atoms with Crippen LogP contribution in [0.2, 0.25) is 0 Å². The number of benzene rings is 2. The molecule has 0 aliphatic heterocycles. The molecule has 6 nitrogen and oxygen atoms in total. The Bertz CT molecular complexity index is 718. The fraction of sp³-hybridized carbons (Fsp3) is 0.176. The Balaban J connectivity index is 1.67. The number of nitrogens with one attached hydrogen (secondary N) is 2. The van der Waals surface area contributed by atoms with Crippen LogP contribution in [0.4, 0.5) is 5.69 Å². The number of carbonyl (C=O) groups excluding carboxylic acids is 1. The Kier molecular flexibility index (Phi) is 6.62. The van der Waals surface area contributed by atoms with Crippen molar-refractivity contribution in [2.24, 2.45) is 5.10 Å². The summed E-state index contributed by atoms with van der Waals surface area (Å²) in [7, 11) is 0. The third kappa shape index (κ3) is 5.92. The van der Waals surface area contributed by atoms with Gasteiger partial charge in [0.2, 0.25) is 5.91 Å². The minimum absolute atomic E-state index is 0.0352. The number of hydrogen-bond donors (Lipinski definition) is 4. The molecule has 1 amide bonds. The monoisotopic (exact) mass is 391 g/mol. The number of hydrazone groups is 1. The van der Waals surface area contributed by atoms with Crippen LogP contribution in [0.25, 0.3) is 0 Å². The van der Waals surface area contributed by atoms with Crippen molar-refractivity contribution >= 4 is 33.7 Å². The lowest BCUT2D eigenvalue weighted by atomic mass is 10.2. The number of anilines is 1. The van der Waals surface area contributed by atoms with E-state index in [1.807, 2.05) is 24.3 Å². The summed E-state index contributed by atoms with van der Waals surface area (Å²) in [6.07, 6.45) is 2.33. The molecule has 7 heteroatoms. The number of amides is 1. The zero-order valence-electron chi connectivity index (χ0n) is 12.9. The fourth-order valence-corrected chi connectivity index (χ4v) is 2.18. The van der Waals surface area contributed by atoms with E-state index in [1.54, 1.807) is 0 Å². The van der Waals surface area contributed by atoms with Crippen molar-refractivity contribution in [3.63, 3.8) is 0 Å². The summed E-state index contributed by atoms with van der Waals surface area (Å²) in [6.45, 7) is 0.678. The van der Waals surface area contributed by atoms with Crippen LogP contribution in [0.5, 0.6) is 11.5 Å². The standard InChI is InChI=1S/C17H18BrN3O3/c18-13-4-6-14(7-5-13)19-9-1-2-17(24)21-20-11-12-3-8-15(22)10-16(12)23/h3-8,10-11,19,22-23H,1-2,9H2,(H,21,24)/b20-11-. The maximum Gasteiger partial charge on any atom is 0.240 e. The van der Waals surface area contributed by atoms with E-state index >= 15 is 0 Å². The maximum atomic E-state index is 11.7. The van der Waals surface area contributed by atoms with Crippen LogP contribution in [0, 0.1) is 0 Å². The van der Waals surface area contributed by atoms with Crippen molar-refractivity contribution in [1.82, 2.24) is 5.43 Å². The van der Waals surface area contributed by atoms with E-state index in [-0.39, 0.29) is 17.4 Å². The van der Waals surface area contributed by atoms with Crippen molar-refractivity contribution in [1.29, 1.82) is 0 Å². The third-order valence-electron chi connectivity index (χ3n) is 3.16. The van der Waals surface area contributed by atoms with Gasteiger partial charge >= 0.3 is 0 Å². The molecule has 24 heavy (non-hydrogen) atoms. The number of hydrogen-bond acceptors (Lipinski definition) is 5. The second-order valence-electron chi connectivity index (χ2n) is 5.07. The predicted molar refractivity (Wildman–Crippen MR) is 97.4 cm³/mol. The van der Waals surface area contributed by atoms with Gasteiger partial charge in [-0.15, -0.1) is 0 Å². The maximum absolute atomic E-state index is 11.7. The number of aromatic hydroxyl groups is 2. The molecule has 0 aliphatic rings. The normalized spacial score (nSPS) is 10.7. The number of nitrogens with zero attached hydrogens (tertiary/aromatic N) is 1. The topological polar surface area (TPSA) is 94.0 Å². The number of rotatable bonds is 7. The molecule has 126 valence electrons. The van der Waals surface area contributed by atoms with Gasteiger partial charge in [-0.3, -0.25) is 4.79 Å². The summed E-state index contributed by atoms with van der Waals surface area (Å²) in [4.78, 5) is 11.7. The SMILES string of the molecule is O=C(CCCNc1ccc(Br)cc1)N/N=C\c1ccc(O)cc1O.